The molecule has 0 radical (unpaired) electrons. The first-order valence-electron chi connectivity index (χ1n) is 4.98. The van der Waals surface area contributed by atoms with Crippen LogP contribution in [0.3, 0.4) is 0 Å². The van der Waals surface area contributed by atoms with E-state index in [0.717, 1.165) is 6.42 Å². The molecule has 0 N–H and O–H groups in total. The molecule has 0 saturated carbocycles. The van der Waals surface area contributed by atoms with Gasteiger partial charge < -0.3 is 14.2 Å². The Bertz CT molecular complexity index is 149. The third-order valence-corrected chi connectivity index (χ3v) is 2.50. The highest BCUT2D eigenvalue weighted by Gasteiger charge is 2.35. The zero-order chi connectivity index (χ0) is 9.84. The van der Waals surface area contributed by atoms with E-state index in [2.05, 4.69) is 6.92 Å². The molecule has 0 aromatic rings. The van der Waals surface area contributed by atoms with Crippen molar-refractivity contribution in [2.45, 2.75) is 51.6 Å². The lowest BCUT2D eigenvalue weighted by molar-refractivity contribution is -0.183. The third-order valence-electron chi connectivity index (χ3n) is 2.50. The Kier molecular flexibility index (Phi) is 4.16. The van der Waals surface area contributed by atoms with E-state index in [1.807, 2.05) is 13.8 Å². The molecule has 3 nitrogen and oxygen atoms in total. The SMILES string of the molecule is CCO[C@@H]1C(OC)CC(C)O[C@H]1C. The maximum atomic E-state index is 5.68. The molecule has 0 spiro atoms. The van der Waals surface area contributed by atoms with Crippen LogP contribution in [0, 0.1) is 0 Å². The number of ether oxygens (including phenoxy) is 3. The van der Waals surface area contributed by atoms with Crippen LogP contribution >= 0.6 is 0 Å². The van der Waals surface area contributed by atoms with Gasteiger partial charge in [0.05, 0.1) is 18.3 Å². The highest BCUT2D eigenvalue weighted by molar-refractivity contribution is 4.83. The number of hydrogen-bond acceptors (Lipinski definition) is 3. The summed E-state index contributed by atoms with van der Waals surface area (Å²) in [6.07, 6.45) is 1.60. The van der Waals surface area contributed by atoms with Crippen LogP contribution in [-0.2, 0) is 14.2 Å². The number of rotatable bonds is 3. The normalized spacial score (nSPS) is 40.6. The van der Waals surface area contributed by atoms with Crippen molar-refractivity contribution in [1.29, 1.82) is 0 Å². The highest BCUT2D eigenvalue weighted by atomic mass is 16.6. The van der Waals surface area contributed by atoms with Crippen molar-refractivity contribution in [2.24, 2.45) is 0 Å². The van der Waals surface area contributed by atoms with E-state index in [0.29, 0.717) is 6.61 Å². The molecule has 13 heavy (non-hydrogen) atoms. The van der Waals surface area contributed by atoms with Crippen molar-refractivity contribution in [3.8, 4) is 0 Å². The lowest BCUT2D eigenvalue weighted by Gasteiger charge is -2.38. The van der Waals surface area contributed by atoms with Crippen LogP contribution in [-0.4, -0.2) is 38.1 Å². The van der Waals surface area contributed by atoms with Crippen molar-refractivity contribution in [2.75, 3.05) is 13.7 Å². The minimum absolute atomic E-state index is 0.0891. The molecule has 1 heterocycles. The molecule has 4 atom stereocenters. The molecule has 0 aliphatic carbocycles. The van der Waals surface area contributed by atoms with Gasteiger partial charge >= 0.3 is 0 Å². The van der Waals surface area contributed by atoms with Crippen LogP contribution in [0.2, 0.25) is 0 Å². The van der Waals surface area contributed by atoms with E-state index in [1.54, 1.807) is 7.11 Å². The minimum Gasteiger partial charge on any atom is -0.379 e. The standard InChI is InChI=1S/C10H20O3/c1-5-12-10-8(3)13-7(2)6-9(10)11-4/h7-10H,5-6H2,1-4H3/t7?,8-,9?,10-/m0/s1. The fourth-order valence-electron chi connectivity index (χ4n) is 1.93. The van der Waals surface area contributed by atoms with Crippen molar-refractivity contribution in [3.05, 3.63) is 0 Å². The Morgan fingerprint density at radius 2 is 2.08 bits per heavy atom. The molecule has 0 aromatic carbocycles. The summed E-state index contributed by atoms with van der Waals surface area (Å²) >= 11 is 0. The summed E-state index contributed by atoms with van der Waals surface area (Å²) in [6, 6.07) is 0. The van der Waals surface area contributed by atoms with Gasteiger partial charge in [0, 0.05) is 20.1 Å². The Labute approximate surface area is 80.4 Å². The summed E-state index contributed by atoms with van der Waals surface area (Å²) in [5.41, 5.74) is 0. The zero-order valence-corrected chi connectivity index (χ0v) is 8.95. The molecule has 1 saturated heterocycles. The predicted octanol–water partition coefficient (Wildman–Crippen LogP) is 1.60. The molecule has 1 rings (SSSR count). The number of methoxy groups -OCH3 is 1. The van der Waals surface area contributed by atoms with Gasteiger partial charge in [-0.25, -0.2) is 0 Å². The lowest BCUT2D eigenvalue weighted by Crippen LogP contribution is -2.48. The monoisotopic (exact) mass is 188 g/mol. The summed E-state index contributed by atoms with van der Waals surface area (Å²) in [6.45, 7) is 6.83. The van der Waals surface area contributed by atoms with E-state index < -0.39 is 0 Å². The average Bonchev–Trinajstić information content (AvgIpc) is 2.09. The average molecular weight is 188 g/mol. The van der Waals surface area contributed by atoms with Crippen LogP contribution in [0.1, 0.15) is 27.2 Å². The first-order chi connectivity index (χ1) is 6.19. The van der Waals surface area contributed by atoms with Crippen LogP contribution in [0.25, 0.3) is 0 Å². The smallest absolute Gasteiger partial charge is 0.109 e. The van der Waals surface area contributed by atoms with Crippen molar-refractivity contribution < 1.29 is 14.2 Å². The second kappa shape index (κ2) is 4.94. The summed E-state index contributed by atoms with van der Waals surface area (Å²) in [4.78, 5) is 0. The Morgan fingerprint density at radius 1 is 1.38 bits per heavy atom. The maximum Gasteiger partial charge on any atom is 0.109 e. The van der Waals surface area contributed by atoms with Gasteiger partial charge in [-0.2, -0.15) is 0 Å². The van der Waals surface area contributed by atoms with Crippen LogP contribution in [0.15, 0.2) is 0 Å². The first-order valence-corrected chi connectivity index (χ1v) is 4.98. The highest BCUT2D eigenvalue weighted by Crippen LogP contribution is 2.24. The summed E-state index contributed by atoms with van der Waals surface area (Å²) in [7, 11) is 1.74. The van der Waals surface area contributed by atoms with E-state index in [-0.39, 0.29) is 24.4 Å². The molecule has 0 amide bonds. The van der Waals surface area contributed by atoms with Gasteiger partial charge in [-0.05, 0) is 20.8 Å². The fourth-order valence-corrected chi connectivity index (χ4v) is 1.93. The zero-order valence-electron chi connectivity index (χ0n) is 8.95. The Morgan fingerprint density at radius 3 is 2.62 bits per heavy atom. The number of hydrogen-bond donors (Lipinski definition) is 0. The molecule has 3 heteroatoms. The molecule has 0 aromatic heterocycles. The lowest BCUT2D eigenvalue weighted by atomic mass is 9.99. The van der Waals surface area contributed by atoms with Gasteiger partial charge in [0.25, 0.3) is 0 Å². The molecule has 1 aliphatic heterocycles. The van der Waals surface area contributed by atoms with Crippen LogP contribution in [0.4, 0.5) is 0 Å². The predicted molar refractivity (Wildman–Crippen MR) is 50.8 cm³/mol. The van der Waals surface area contributed by atoms with E-state index in [1.165, 1.54) is 0 Å². The fraction of sp³-hybridized carbons (Fsp3) is 1.00. The first kappa shape index (κ1) is 11.0. The molecule has 0 bridgehead atoms. The van der Waals surface area contributed by atoms with E-state index in [4.69, 9.17) is 14.2 Å². The van der Waals surface area contributed by atoms with Crippen LogP contribution < -0.4 is 0 Å². The van der Waals surface area contributed by atoms with Gasteiger partial charge in [0.2, 0.25) is 0 Å². The summed E-state index contributed by atoms with van der Waals surface area (Å²) in [5.74, 6) is 0. The van der Waals surface area contributed by atoms with E-state index >= 15 is 0 Å². The molecule has 1 fully saturated rings. The Hall–Kier alpha value is -0.120. The summed E-state index contributed by atoms with van der Waals surface area (Å²) < 4.78 is 16.7. The Balaban J connectivity index is 2.55. The second-order valence-corrected chi connectivity index (χ2v) is 3.58. The van der Waals surface area contributed by atoms with Gasteiger partial charge in [-0.15, -0.1) is 0 Å². The molecular weight excluding hydrogens is 168 g/mol. The minimum atomic E-state index is 0.0891. The van der Waals surface area contributed by atoms with Gasteiger partial charge in [0.1, 0.15) is 6.10 Å². The van der Waals surface area contributed by atoms with Crippen LogP contribution in [0.5, 0.6) is 0 Å². The second-order valence-electron chi connectivity index (χ2n) is 3.58. The molecular formula is C10H20O3. The van der Waals surface area contributed by atoms with E-state index in [9.17, 15) is 0 Å². The summed E-state index contributed by atoms with van der Waals surface area (Å²) in [5, 5.41) is 0. The molecule has 1 aliphatic rings. The maximum absolute atomic E-state index is 5.68. The van der Waals surface area contributed by atoms with Crippen molar-refractivity contribution in [1.82, 2.24) is 0 Å². The quantitative estimate of drug-likeness (QED) is 0.673. The van der Waals surface area contributed by atoms with Crippen molar-refractivity contribution in [3.63, 3.8) is 0 Å². The molecule has 78 valence electrons. The van der Waals surface area contributed by atoms with Gasteiger partial charge in [-0.3, -0.25) is 0 Å². The van der Waals surface area contributed by atoms with Gasteiger partial charge in [0.15, 0.2) is 0 Å². The largest absolute Gasteiger partial charge is 0.379 e. The van der Waals surface area contributed by atoms with Crippen molar-refractivity contribution >= 4 is 0 Å². The topological polar surface area (TPSA) is 27.7 Å². The molecule has 2 unspecified atom stereocenters. The van der Waals surface area contributed by atoms with Gasteiger partial charge in [-0.1, -0.05) is 0 Å². The third kappa shape index (κ3) is 2.66.